The maximum atomic E-state index is 13.7. The summed E-state index contributed by atoms with van der Waals surface area (Å²) in [6, 6.07) is 0.535. The molecule has 9 heteroatoms. The number of nitrogens with zero attached hydrogens (tertiary/aromatic N) is 3. The van der Waals surface area contributed by atoms with Crippen LogP contribution in [0.2, 0.25) is 5.15 Å². The lowest BCUT2D eigenvalue weighted by atomic mass is 10.1. The number of ether oxygens (including phenoxy) is 1. The molecule has 2 heterocycles. The average molecular weight is 394 g/mol. The van der Waals surface area contributed by atoms with Crippen molar-refractivity contribution >= 4 is 17.7 Å². The highest BCUT2D eigenvalue weighted by Crippen LogP contribution is 2.39. The Bertz CT molecular complexity index is 632. The first-order chi connectivity index (χ1) is 11.9. The van der Waals surface area contributed by atoms with E-state index >= 15 is 0 Å². The summed E-state index contributed by atoms with van der Waals surface area (Å²) in [6.45, 7) is 5.54. The van der Waals surface area contributed by atoms with Crippen molar-refractivity contribution in [3.05, 3.63) is 29.0 Å². The second-order valence-corrected chi connectivity index (χ2v) is 7.77. The van der Waals surface area contributed by atoms with Gasteiger partial charge in [-0.1, -0.05) is 17.7 Å². The molecule has 0 aromatic carbocycles. The summed E-state index contributed by atoms with van der Waals surface area (Å²) in [5.74, 6) is 0. The second-order valence-electron chi connectivity index (χ2n) is 7.39. The molecule has 1 unspecified atom stereocenters. The molecule has 5 nitrogen and oxygen atoms in total. The van der Waals surface area contributed by atoms with Crippen LogP contribution in [0.1, 0.15) is 38.8 Å². The molecule has 1 fully saturated rings. The van der Waals surface area contributed by atoms with E-state index in [1.54, 1.807) is 27.8 Å². The molecule has 2 rings (SSSR count). The SMILES string of the molecule is CN(C(=O)OC(C)(C)C)[C@H]1CCN(C(c2ccc(Cl)nc2)C(F)(F)F)C1. The van der Waals surface area contributed by atoms with Crippen LogP contribution in [0.25, 0.3) is 0 Å². The summed E-state index contributed by atoms with van der Waals surface area (Å²) in [4.78, 5) is 18.6. The van der Waals surface area contributed by atoms with Crippen molar-refractivity contribution in [2.24, 2.45) is 0 Å². The van der Waals surface area contributed by atoms with E-state index in [0.717, 1.165) is 6.20 Å². The number of likely N-dealkylation sites (tertiary alicyclic amines) is 1. The van der Waals surface area contributed by atoms with E-state index in [1.165, 1.54) is 21.9 Å². The van der Waals surface area contributed by atoms with Crippen LogP contribution < -0.4 is 0 Å². The molecule has 2 atom stereocenters. The summed E-state index contributed by atoms with van der Waals surface area (Å²) in [6.07, 6.45) is -3.43. The zero-order chi connectivity index (χ0) is 19.7. The van der Waals surface area contributed by atoms with Crippen LogP contribution in [0.5, 0.6) is 0 Å². The van der Waals surface area contributed by atoms with Gasteiger partial charge in [-0.05, 0) is 38.8 Å². The monoisotopic (exact) mass is 393 g/mol. The van der Waals surface area contributed by atoms with Crippen molar-refractivity contribution < 1.29 is 22.7 Å². The van der Waals surface area contributed by atoms with E-state index in [1.807, 2.05) is 0 Å². The Morgan fingerprint density at radius 2 is 2.04 bits per heavy atom. The fourth-order valence-electron chi connectivity index (χ4n) is 2.96. The number of hydrogen-bond acceptors (Lipinski definition) is 4. The number of alkyl halides is 3. The quantitative estimate of drug-likeness (QED) is 0.719. The Kier molecular flexibility index (Phi) is 6.07. The van der Waals surface area contributed by atoms with Gasteiger partial charge in [0.05, 0.1) is 0 Å². The van der Waals surface area contributed by atoms with Crippen LogP contribution in [0.4, 0.5) is 18.0 Å². The topological polar surface area (TPSA) is 45.7 Å². The summed E-state index contributed by atoms with van der Waals surface area (Å²) >= 11 is 5.68. The highest BCUT2D eigenvalue weighted by Gasteiger charge is 2.47. The standard InChI is InChI=1S/C17H23ClF3N3O2/c1-16(2,3)26-15(25)23(4)12-7-8-24(10-12)14(17(19,20)21)11-5-6-13(18)22-9-11/h5-6,9,12,14H,7-8,10H2,1-4H3/t12-,14?/m0/s1. The number of amides is 1. The van der Waals surface area contributed by atoms with Crippen LogP contribution >= 0.6 is 11.6 Å². The van der Waals surface area contributed by atoms with E-state index in [2.05, 4.69) is 4.98 Å². The highest BCUT2D eigenvalue weighted by molar-refractivity contribution is 6.29. The Morgan fingerprint density at radius 1 is 1.38 bits per heavy atom. The number of rotatable bonds is 3. The molecule has 1 aromatic rings. The van der Waals surface area contributed by atoms with Crippen molar-refractivity contribution in [3.63, 3.8) is 0 Å². The highest BCUT2D eigenvalue weighted by atomic mass is 35.5. The summed E-state index contributed by atoms with van der Waals surface area (Å²) in [5, 5.41) is 0.138. The van der Waals surface area contributed by atoms with Crippen LogP contribution in [-0.4, -0.2) is 58.8 Å². The summed E-state index contributed by atoms with van der Waals surface area (Å²) in [5.41, 5.74) is -0.630. The summed E-state index contributed by atoms with van der Waals surface area (Å²) < 4.78 is 46.3. The van der Waals surface area contributed by atoms with Gasteiger partial charge in [-0.2, -0.15) is 13.2 Å². The second kappa shape index (κ2) is 7.60. The normalized spacial score (nSPS) is 20.1. The molecule has 1 amide bonds. The van der Waals surface area contributed by atoms with Gasteiger partial charge in [-0.25, -0.2) is 9.78 Å². The van der Waals surface area contributed by atoms with Crippen molar-refractivity contribution in [2.45, 2.75) is 51.1 Å². The lowest BCUT2D eigenvalue weighted by molar-refractivity contribution is -0.184. The fraction of sp³-hybridized carbons (Fsp3) is 0.647. The molecule has 0 radical (unpaired) electrons. The molecule has 1 aromatic heterocycles. The van der Waals surface area contributed by atoms with Gasteiger partial charge in [-0.3, -0.25) is 4.90 Å². The number of carbonyl (C=O) groups excluding carboxylic acids is 1. The van der Waals surface area contributed by atoms with Gasteiger partial charge in [-0.15, -0.1) is 0 Å². The number of halogens is 4. The lowest BCUT2D eigenvalue weighted by Gasteiger charge is -2.31. The minimum atomic E-state index is -4.46. The number of hydrogen-bond donors (Lipinski definition) is 0. The number of carbonyl (C=O) groups is 1. The van der Waals surface area contributed by atoms with E-state index in [0.29, 0.717) is 6.42 Å². The molecule has 146 valence electrons. The van der Waals surface area contributed by atoms with E-state index in [-0.39, 0.29) is 29.8 Å². The maximum Gasteiger partial charge on any atom is 0.410 e. The fourth-order valence-corrected chi connectivity index (χ4v) is 3.07. The molecule has 26 heavy (non-hydrogen) atoms. The maximum absolute atomic E-state index is 13.7. The molecular weight excluding hydrogens is 371 g/mol. The third-order valence-electron chi connectivity index (χ3n) is 4.17. The van der Waals surface area contributed by atoms with Gasteiger partial charge in [0.2, 0.25) is 0 Å². The molecule has 1 saturated heterocycles. The molecule has 0 aliphatic carbocycles. The Balaban J connectivity index is 2.13. The van der Waals surface area contributed by atoms with Crippen LogP contribution in [0.15, 0.2) is 18.3 Å². The third-order valence-corrected chi connectivity index (χ3v) is 4.39. The number of aromatic nitrogens is 1. The predicted molar refractivity (Wildman–Crippen MR) is 92.0 cm³/mol. The zero-order valence-electron chi connectivity index (χ0n) is 15.2. The van der Waals surface area contributed by atoms with Gasteiger partial charge in [0.15, 0.2) is 0 Å². The average Bonchev–Trinajstić information content (AvgIpc) is 2.94. The van der Waals surface area contributed by atoms with Gasteiger partial charge in [0, 0.05) is 32.4 Å². The Labute approximate surface area is 156 Å². The van der Waals surface area contributed by atoms with Gasteiger partial charge >= 0.3 is 12.3 Å². The van der Waals surface area contributed by atoms with E-state index < -0.39 is 23.9 Å². The Morgan fingerprint density at radius 3 is 2.54 bits per heavy atom. The third kappa shape index (κ3) is 5.23. The molecule has 0 spiro atoms. The van der Waals surface area contributed by atoms with Crippen molar-refractivity contribution in [1.29, 1.82) is 0 Å². The first kappa shape index (κ1) is 20.8. The minimum Gasteiger partial charge on any atom is -0.444 e. The van der Waals surface area contributed by atoms with E-state index in [4.69, 9.17) is 16.3 Å². The molecule has 1 aliphatic heterocycles. The van der Waals surface area contributed by atoms with Gasteiger partial charge < -0.3 is 9.64 Å². The van der Waals surface area contributed by atoms with Gasteiger partial charge in [0.1, 0.15) is 16.8 Å². The minimum absolute atomic E-state index is 0.0301. The van der Waals surface area contributed by atoms with Gasteiger partial charge in [0.25, 0.3) is 0 Å². The Hall–Kier alpha value is -1.54. The molecular formula is C17H23ClF3N3O2. The molecule has 1 aliphatic rings. The zero-order valence-corrected chi connectivity index (χ0v) is 15.9. The molecule has 0 saturated carbocycles. The first-order valence-corrected chi connectivity index (χ1v) is 8.64. The van der Waals surface area contributed by atoms with Crippen molar-refractivity contribution in [1.82, 2.24) is 14.8 Å². The smallest absolute Gasteiger partial charge is 0.410 e. The molecule has 0 N–H and O–H groups in total. The summed E-state index contributed by atoms with van der Waals surface area (Å²) in [7, 11) is 1.55. The number of likely N-dealkylation sites (N-methyl/N-ethyl adjacent to an activating group) is 1. The predicted octanol–water partition coefficient (Wildman–Crippen LogP) is 4.28. The van der Waals surface area contributed by atoms with Crippen LogP contribution in [-0.2, 0) is 4.74 Å². The first-order valence-electron chi connectivity index (χ1n) is 8.26. The van der Waals surface area contributed by atoms with Crippen LogP contribution in [0.3, 0.4) is 0 Å². The number of pyridine rings is 1. The van der Waals surface area contributed by atoms with Crippen molar-refractivity contribution in [3.8, 4) is 0 Å². The van der Waals surface area contributed by atoms with Crippen LogP contribution in [0, 0.1) is 0 Å². The largest absolute Gasteiger partial charge is 0.444 e. The lowest BCUT2D eigenvalue weighted by Crippen LogP contribution is -2.43. The van der Waals surface area contributed by atoms with E-state index in [9.17, 15) is 18.0 Å². The molecule has 0 bridgehead atoms. The van der Waals surface area contributed by atoms with Crippen molar-refractivity contribution in [2.75, 3.05) is 20.1 Å².